The molecular weight excluding hydrogens is 625 g/mol. The highest BCUT2D eigenvalue weighted by atomic mass is 127. The van der Waals surface area contributed by atoms with Crippen LogP contribution in [0.3, 0.4) is 0 Å². The molecule has 0 radical (unpaired) electrons. The highest BCUT2D eigenvalue weighted by molar-refractivity contribution is 14.1. The van der Waals surface area contributed by atoms with Crippen LogP contribution in [0, 0.1) is 3.57 Å². The van der Waals surface area contributed by atoms with E-state index in [1.807, 2.05) is 12.1 Å². The molecule has 0 bridgehead atoms. The standard InChI is InChI=1S/C39H24INO/c40-36-14-7-13-30-33-22-26(17-16-25(33)20-34(30)36)41(27-18-19-39-35(23-27)32-12-5-6-15-38(32)42-39)37-21-24-8-1-2-9-28(24)29-10-3-4-11-31(29)37/h1-19,21-23H,20H2. The van der Waals surface area contributed by atoms with Crippen LogP contribution in [0.5, 0.6) is 0 Å². The van der Waals surface area contributed by atoms with Crippen LogP contribution in [0.4, 0.5) is 17.1 Å². The van der Waals surface area contributed by atoms with Gasteiger partial charge in [0.05, 0.1) is 5.69 Å². The van der Waals surface area contributed by atoms with Gasteiger partial charge in [0.25, 0.3) is 0 Å². The quantitative estimate of drug-likeness (QED) is 0.140. The summed E-state index contributed by atoms with van der Waals surface area (Å²) in [4.78, 5) is 2.43. The molecule has 0 fully saturated rings. The molecule has 9 rings (SSSR count). The van der Waals surface area contributed by atoms with Gasteiger partial charge in [-0.3, -0.25) is 0 Å². The van der Waals surface area contributed by atoms with E-state index in [0.29, 0.717) is 0 Å². The molecule has 1 aliphatic carbocycles. The lowest BCUT2D eigenvalue weighted by atomic mass is 9.98. The second-order valence-electron chi connectivity index (χ2n) is 11.1. The summed E-state index contributed by atoms with van der Waals surface area (Å²) in [7, 11) is 0. The largest absolute Gasteiger partial charge is 0.456 e. The molecule has 0 atom stereocenters. The lowest BCUT2D eigenvalue weighted by Gasteiger charge is -2.28. The molecule has 0 saturated carbocycles. The zero-order chi connectivity index (χ0) is 27.8. The minimum Gasteiger partial charge on any atom is -0.456 e. The Kier molecular flexibility index (Phi) is 5.26. The van der Waals surface area contributed by atoms with Crippen molar-refractivity contribution in [3.05, 3.63) is 148 Å². The first-order valence-electron chi connectivity index (χ1n) is 14.3. The van der Waals surface area contributed by atoms with E-state index in [0.717, 1.165) is 45.4 Å². The Morgan fingerprint density at radius 2 is 1.24 bits per heavy atom. The average molecular weight is 650 g/mol. The number of benzene rings is 7. The minimum absolute atomic E-state index is 0.903. The Balaban J connectivity index is 1.35. The maximum Gasteiger partial charge on any atom is 0.135 e. The van der Waals surface area contributed by atoms with Crippen molar-refractivity contribution in [2.75, 3.05) is 4.90 Å². The third-order valence-electron chi connectivity index (χ3n) is 8.73. The third-order valence-corrected chi connectivity index (χ3v) is 9.74. The predicted molar refractivity (Wildman–Crippen MR) is 184 cm³/mol. The van der Waals surface area contributed by atoms with Crippen molar-refractivity contribution in [1.29, 1.82) is 0 Å². The molecule has 7 aromatic carbocycles. The van der Waals surface area contributed by atoms with Gasteiger partial charge in [0.1, 0.15) is 11.2 Å². The van der Waals surface area contributed by atoms with E-state index in [-0.39, 0.29) is 0 Å². The molecule has 1 aliphatic rings. The van der Waals surface area contributed by atoms with Crippen molar-refractivity contribution in [1.82, 2.24) is 0 Å². The van der Waals surface area contributed by atoms with E-state index in [1.165, 1.54) is 47.4 Å². The van der Waals surface area contributed by atoms with Crippen LogP contribution in [0.2, 0.25) is 0 Å². The Morgan fingerprint density at radius 3 is 2.14 bits per heavy atom. The number of fused-ring (bicyclic) bond motifs is 9. The summed E-state index contributed by atoms with van der Waals surface area (Å²) in [5, 5.41) is 7.24. The first kappa shape index (κ1) is 24.0. The van der Waals surface area contributed by atoms with E-state index in [1.54, 1.807) is 0 Å². The van der Waals surface area contributed by atoms with Gasteiger partial charge in [-0.25, -0.2) is 0 Å². The molecule has 2 nitrogen and oxygen atoms in total. The van der Waals surface area contributed by atoms with Gasteiger partial charge >= 0.3 is 0 Å². The smallest absolute Gasteiger partial charge is 0.135 e. The van der Waals surface area contributed by atoms with E-state index >= 15 is 0 Å². The predicted octanol–water partition coefficient (Wildman–Crippen LogP) is 11.5. The first-order chi connectivity index (χ1) is 20.7. The van der Waals surface area contributed by atoms with Gasteiger partial charge in [0.15, 0.2) is 0 Å². The Labute approximate surface area is 257 Å². The van der Waals surface area contributed by atoms with Gasteiger partial charge in [-0.15, -0.1) is 0 Å². The fourth-order valence-corrected chi connectivity index (χ4v) is 7.48. The molecule has 1 aromatic heterocycles. The second kappa shape index (κ2) is 9.20. The van der Waals surface area contributed by atoms with Crippen LogP contribution in [-0.4, -0.2) is 0 Å². The number of furan rings is 1. The van der Waals surface area contributed by atoms with E-state index < -0.39 is 0 Å². The summed E-state index contributed by atoms with van der Waals surface area (Å²) in [6, 6.07) is 48.4. The van der Waals surface area contributed by atoms with Gasteiger partial charge in [0.2, 0.25) is 0 Å². The fraction of sp³-hybridized carbons (Fsp3) is 0.0256. The molecule has 3 heteroatoms. The Morgan fingerprint density at radius 1 is 0.524 bits per heavy atom. The molecule has 0 unspecified atom stereocenters. The summed E-state index contributed by atoms with van der Waals surface area (Å²) < 4.78 is 7.55. The van der Waals surface area contributed by atoms with Crippen LogP contribution in [-0.2, 0) is 6.42 Å². The fourth-order valence-electron chi connectivity index (χ4n) is 6.79. The number of para-hydroxylation sites is 1. The van der Waals surface area contributed by atoms with E-state index in [9.17, 15) is 0 Å². The van der Waals surface area contributed by atoms with Crippen LogP contribution in [0.1, 0.15) is 11.1 Å². The number of rotatable bonds is 3. The molecular formula is C39H24INO. The summed E-state index contributed by atoms with van der Waals surface area (Å²) in [6.45, 7) is 0. The van der Waals surface area contributed by atoms with Crippen molar-refractivity contribution >= 4 is 83.1 Å². The third kappa shape index (κ3) is 3.56. The van der Waals surface area contributed by atoms with Crippen molar-refractivity contribution in [3.8, 4) is 11.1 Å². The lowest BCUT2D eigenvalue weighted by molar-refractivity contribution is 0.669. The summed E-state index contributed by atoms with van der Waals surface area (Å²) >= 11 is 2.48. The van der Waals surface area contributed by atoms with Gasteiger partial charge < -0.3 is 9.32 Å². The van der Waals surface area contributed by atoms with Gasteiger partial charge in [-0.1, -0.05) is 84.9 Å². The highest BCUT2D eigenvalue weighted by Crippen LogP contribution is 2.46. The summed E-state index contributed by atoms with van der Waals surface area (Å²) in [6.07, 6.45) is 0.982. The first-order valence-corrected chi connectivity index (χ1v) is 15.3. The second-order valence-corrected chi connectivity index (χ2v) is 12.2. The number of nitrogens with zero attached hydrogens (tertiary/aromatic N) is 1. The summed E-state index contributed by atoms with van der Waals surface area (Å²) in [5.41, 5.74) is 10.7. The zero-order valence-corrected chi connectivity index (χ0v) is 24.8. The minimum atomic E-state index is 0.903. The Hall–Kier alpha value is -4.61. The topological polar surface area (TPSA) is 16.4 Å². The summed E-state index contributed by atoms with van der Waals surface area (Å²) in [5.74, 6) is 0. The maximum atomic E-state index is 6.22. The van der Waals surface area contributed by atoms with Crippen molar-refractivity contribution in [3.63, 3.8) is 0 Å². The van der Waals surface area contributed by atoms with E-state index in [2.05, 4.69) is 149 Å². The Bertz CT molecular complexity index is 2370. The number of hydrogen-bond donors (Lipinski definition) is 0. The number of anilines is 3. The monoisotopic (exact) mass is 649 g/mol. The molecule has 198 valence electrons. The molecule has 0 aliphatic heterocycles. The molecule has 1 heterocycles. The van der Waals surface area contributed by atoms with Crippen LogP contribution >= 0.6 is 22.6 Å². The normalized spacial score (nSPS) is 12.3. The van der Waals surface area contributed by atoms with E-state index in [4.69, 9.17) is 4.42 Å². The average Bonchev–Trinajstić information content (AvgIpc) is 3.60. The number of hydrogen-bond acceptors (Lipinski definition) is 2. The van der Waals surface area contributed by atoms with Crippen molar-refractivity contribution < 1.29 is 4.42 Å². The van der Waals surface area contributed by atoms with Crippen LogP contribution in [0.15, 0.2) is 138 Å². The molecule has 0 spiro atoms. The van der Waals surface area contributed by atoms with Gasteiger partial charge in [0, 0.05) is 31.1 Å². The molecule has 0 amide bonds. The zero-order valence-electron chi connectivity index (χ0n) is 22.6. The molecule has 0 saturated heterocycles. The molecule has 8 aromatic rings. The SMILES string of the molecule is Ic1cccc2c1Cc1ccc(N(c3ccc4oc5ccccc5c4c3)c3cc4ccccc4c4ccccc34)cc1-2. The van der Waals surface area contributed by atoms with Crippen LogP contribution < -0.4 is 4.90 Å². The molecule has 42 heavy (non-hydrogen) atoms. The van der Waals surface area contributed by atoms with Gasteiger partial charge in [-0.05, 0) is 116 Å². The van der Waals surface area contributed by atoms with Crippen molar-refractivity contribution in [2.24, 2.45) is 0 Å². The highest BCUT2D eigenvalue weighted by Gasteiger charge is 2.24. The lowest BCUT2D eigenvalue weighted by Crippen LogP contribution is -2.11. The number of halogens is 1. The van der Waals surface area contributed by atoms with Gasteiger partial charge in [-0.2, -0.15) is 0 Å². The molecule has 0 N–H and O–H groups in total. The van der Waals surface area contributed by atoms with Crippen molar-refractivity contribution in [2.45, 2.75) is 6.42 Å². The maximum absolute atomic E-state index is 6.22. The van der Waals surface area contributed by atoms with Crippen LogP contribution in [0.25, 0.3) is 54.6 Å².